The normalized spacial score (nSPS) is 20.7. The molecule has 0 saturated carbocycles. The van der Waals surface area contributed by atoms with Crippen molar-refractivity contribution in [1.82, 2.24) is 8.61 Å². The third-order valence-electron chi connectivity index (χ3n) is 5.88. The zero-order valence-electron chi connectivity index (χ0n) is 18.7. The number of hydrogen-bond acceptors (Lipinski definition) is 8. The molecule has 0 bridgehead atoms. The Kier molecular flexibility index (Phi) is 7.60. The lowest BCUT2D eigenvalue weighted by molar-refractivity contribution is -0.120. The van der Waals surface area contributed by atoms with Crippen LogP contribution in [0.3, 0.4) is 0 Å². The molecule has 1 aromatic heterocycles. The highest BCUT2D eigenvalue weighted by Gasteiger charge is 2.34. The van der Waals surface area contributed by atoms with Gasteiger partial charge in [0.05, 0.1) is 36.8 Å². The molecule has 2 aliphatic rings. The van der Waals surface area contributed by atoms with E-state index in [0.717, 1.165) is 11.3 Å². The molecule has 2 aliphatic heterocycles. The van der Waals surface area contributed by atoms with Gasteiger partial charge in [0.1, 0.15) is 9.96 Å². The fraction of sp³-hybridized carbons (Fsp3) is 0.476. The molecule has 0 spiro atoms. The van der Waals surface area contributed by atoms with Gasteiger partial charge in [0.2, 0.25) is 15.9 Å². The summed E-state index contributed by atoms with van der Waals surface area (Å²) in [7, 11) is -5.99. The first kappa shape index (κ1) is 25.1. The van der Waals surface area contributed by atoms with Gasteiger partial charge in [-0.15, -0.1) is 11.3 Å². The predicted molar refractivity (Wildman–Crippen MR) is 127 cm³/mol. The molecule has 186 valence electrons. The Balaban J connectivity index is 1.52. The van der Waals surface area contributed by atoms with Crippen LogP contribution in [-0.2, 0) is 29.6 Å². The molecule has 1 atom stereocenters. The van der Waals surface area contributed by atoms with Crippen molar-refractivity contribution in [2.45, 2.75) is 21.9 Å². The Bertz CT molecular complexity index is 1220. The Hall–Kier alpha value is -2.03. The minimum atomic E-state index is -3.76. The molecule has 1 N–H and O–H groups in total. The number of amides is 1. The fourth-order valence-electron chi connectivity index (χ4n) is 4.03. The molecule has 4 rings (SSSR count). The lowest BCUT2D eigenvalue weighted by atomic mass is 9.98. The van der Waals surface area contributed by atoms with Crippen molar-refractivity contribution >= 4 is 43.0 Å². The Morgan fingerprint density at radius 2 is 1.85 bits per heavy atom. The molecule has 1 unspecified atom stereocenters. The molecule has 1 amide bonds. The summed E-state index contributed by atoms with van der Waals surface area (Å²) in [4.78, 5) is 13.1. The van der Waals surface area contributed by atoms with E-state index in [4.69, 9.17) is 9.47 Å². The molecule has 34 heavy (non-hydrogen) atoms. The maximum absolute atomic E-state index is 13.1. The lowest BCUT2D eigenvalue weighted by Crippen LogP contribution is -2.43. The Morgan fingerprint density at radius 3 is 2.53 bits per heavy atom. The van der Waals surface area contributed by atoms with Gasteiger partial charge in [-0.2, -0.15) is 8.61 Å². The van der Waals surface area contributed by atoms with Crippen LogP contribution in [0.15, 0.2) is 44.8 Å². The second kappa shape index (κ2) is 10.3. The zero-order chi connectivity index (χ0) is 24.3. The monoisotopic (exact) mass is 529 g/mol. The standard InChI is InChI=1S/C21H27N3O7S3/c1-30-19-7-6-17(33(26,27)23-9-11-31-12-10-23)14-18(19)22-21(25)16-4-2-8-24(15-16)34(28,29)20-5-3-13-32-20/h3,5-7,13-14,16H,2,4,8-12,15H2,1H3,(H,22,25). The van der Waals surface area contributed by atoms with Crippen LogP contribution in [0.5, 0.6) is 5.75 Å². The second-order valence-electron chi connectivity index (χ2n) is 8.00. The first-order valence-electron chi connectivity index (χ1n) is 10.8. The summed E-state index contributed by atoms with van der Waals surface area (Å²) >= 11 is 1.14. The number of nitrogens with one attached hydrogen (secondary N) is 1. The lowest BCUT2D eigenvalue weighted by Gasteiger charge is -2.31. The molecule has 13 heteroatoms. The second-order valence-corrected chi connectivity index (χ2v) is 13.1. The van der Waals surface area contributed by atoms with Gasteiger partial charge in [0, 0.05) is 26.2 Å². The summed E-state index contributed by atoms with van der Waals surface area (Å²) in [6.45, 7) is 1.57. The number of thiophene rings is 1. The van der Waals surface area contributed by atoms with Crippen molar-refractivity contribution in [3.63, 3.8) is 0 Å². The van der Waals surface area contributed by atoms with E-state index in [1.165, 1.54) is 33.9 Å². The molecule has 10 nitrogen and oxygen atoms in total. The van der Waals surface area contributed by atoms with Crippen molar-refractivity contribution in [2.75, 3.05) is 51.8 Å². The number of carbonyl (C=O) groups is 1. The summed E-state index contributed by atoms with van der Waals surface area (Å²) in [5.41, 5.74) is 0.222. The number of ether oxygens (including phenoxy) is 2. The van der Waals surface area contributed by atoms with E-state index >= 15 is 0 Å². The number of piperidine rings is 1. The van der Waals surface area contributed by atoms with Gasteiger partial charge in [-0.25, -0.2) is 16.8 Å². The van der Waals surface area contributed by atoms with Gasteiger partial charge in [-0.1, -0.05) is 6.07 Å². The maximum Gasteiger partial charge on any atom is 0.252 e. The average Bonchev–Trinajstić information content (AvgIpc) is 3.41. The summed E-state index contributed by atoms with van der Waals surface area (Å²) in [6.07, 6.45) is 1.07. The number of hydrogen-bond donors (Lipinski definition) is 1. The van der Waals surface area contributed by atoms with Crippen molar-refractivity contribution in [3.8, 4) is 5.75 Å². The minimum absolute atomic E-state index is 0.0380. The van der Waals surface area contributed by atoms with Crippen molar-refractivity contribution in [3.05, 3.63) is 35.7 Å². The van der Waals surface area contributed by atoms with Crippen LogP contribution >= 0.6 is 11.3 Å². The number of methoxy groups -OCH3 is 1. The van der Waals surface area contributed by atoms with Crippen LogP contribution in [0.4, 0.5) is 5.69 Å². The summed E-state index contributed by atoms with van der Waals surface area (Å²) in [6, 6.07) is 7.54. The van der Waals surface area contributed by atoms with E-state index in [0.29, 0.717) is 38.3 Å². The van der Waals surface area contributed by atoms with E-state index in [1.54, 1.807) is 17.5 Å². The number of nitrogens with zero attached hydrogens (tertiary/aromatic N) is 2. The molecule has 1 aromatic carbocycles. The first-order valence-corrected chi connectivity index (χ1v) is 14.6. The average molecular weight is 530 g/mol. The zero-order valence-corrected chi connectivity index (χ0v) is 21.1. The third-order valence-corrected chi connectivity index (χ3v) is 11.0. The van der Waals surface area contributed by atoms with Gasteiger partial charge in [0.25, 0.3) is 10.0 Å². The molecule has 2 saturated heterocycles. The van der Waals surface area contributed by atoms with Crippen molar-refractivity contribution in [1.29, 1.82) is 0 Å². The largest absolute Gasteiger partial charge is 0.495 e. The molecular weight excluding hydrogens is 502 g/mol. The van der Waals surface area contributed by atoms with Gasteiger partial charge in [-0.05, 0) is 42.5 Å². The summed E-state index contributed by atoms with van der Waals surface area (Å²) < 4.78 is 65.3. The van der Waals surface area contributed by atoms with Crippen LogP contribution in [0.1, 0.15) is 12.8 Å². The van der Waals surface area contributed by atoms with Gasteiger partial charge in [0.15, 0.2) is 0 Å². The van der Waals surface area contributed by atoms with Crippen molar-refractivity contribution < 1.29 is 31.1 Å². The topological polar surface area (TPSA) is 122 Å². The van der Waals surface area contributed by atoms with E-state index in [-0.39, 0.29) is 40.3 Å². The first-order chi connectivity index (χ1) is 16.2. The highest BCUT2D eigenvalue weighted by molar-refractivity contribution is 7.91. The number of benzene rings is 1. The maximum atomic E-state index is 13.1. The van der Waals surface area contributed by atoms with Gasteiger partial charge >= 0.3 is 0 Å². The minimum Gasteiger partial charge on any atom is -0.495 e. The third kappa shape index (κ3) is 5.14. The number of morpholine rings is 1. The highest BCUT2D eigenvalue weighted by atomic mass is 32.2. The molecule has 2 fully saturated rings. The smallest absolute Gasteiger partial charge is 0.252 e. The van der Waals surface area contributed by atoms with Crippen molar-refractivity contribution in [2.24, 2.45) is 5.92 Å². The molecule has 0 radical (unpaired) electrons. The van der Waals surface area contributed by atoms with E-state index in [2.05, 4.69) is 5.32 Å². The highest BCUT2D eigenvalue weighted by Crippen LogP contribution is 2.31. The molecular formula is C21H27N3O7S3. The number of rotatable bonds is 7. The van der Waals surface area contributed by atoms with Crippen LogP contribution in [0.25, 0.3) is 0 Å². The van der Waals surface area contributed by atoms with Crippen LogP contribution in [-0.4, -0.2) is 77.9 Å². The van der Waals surface area contributed by atoms with E-state index < -0.39 is 26.0 Å². The fourth-order valence-corrected chi connectivity index (χ4v) is 8.13. The van der Waals surface area contributed by atoms with E-state index in [1.807, 2.05) is 0 Å². The predicted octanol–water partition coefficient (Wildman–Crippen LogP) is 1.82. The quantitative estimate of drug-likeness (QED) is 0.580. The van der Waals surface area contributed by atoms with Crippen LogP contribution in [0, 0.1) is 5.92 Å². The summed E-state index contributed by atoms with van der Waals surface area (Å²) in [5.74, 6) is -0.647. The molecule has 2 aromatic rings. The van der Waals surface area contributed by atoms with Gasteiger partial charge < -0.3 is 14.8 Å². The number of anilines is 1. The molecule has 0 aliphatic carbocycles. The van der Waals surface area contributed by atoms with E-state index in [9.17, 15) is 21.6 Å². The van der Waals surface area contributed by atoms with Crippen LogP contribution in [0.2, 0.25) is 0 Å². The Labute approximate surface area is 203 Å². The number of carbonyl (C=O) groups excluding carboxylic acids is 1. The Morgan fingerprint density at radius 1 is 1.09 bits per heavy atom. The number of sulfonamides is 2. The van der Waals surface area contributed by atoms with Crippen LogP contribution < -0.4 is 10.1 Å². The SMILES string of the molecule is COc1ccc(S(=O)(=O)N2CCOCC2)cc1NC(=O)C1CCCN(S(=O)(=O)c2cccs2)C1. The molecule has 3 heterocycles. The summed E-state index contributed by atoms with van der Waals surface area (Å²) in [5, 5.41) is 4.46. The van der Waals surface area contributed by atoms with Gasteiger partial charge in [-0.3, -0.25) is 4.79 Å².